The maximum Gasteiger partial charge on any atom is 0.331 e. The highest BCUT2D eigenvalue weighted by Gasteiger charge is 2.32. The van der Waals surface area contributed by atoms with E-state index < -0.39 is 11.4 Å². The molecule has 2 N–H and O–H groups in total. The molecule has 0 radical (unpaired) electrons. The summed E-state index contributed by atoms with van der Waals surface area (Å²) < 4.78 is 0. The van der Waals surface area contributed by atoms with Crippen LogP contribution in [-0.2, 0) is 14.4 Å². The minimum Gasteiger partial charge on any atom is -0.478 e. The van der Waals surface area contributed by atoms with Gasteiger partial charge < -0.3 is 15.3 Å². The van der Waals surface area contributed by atoms with Crippen LogP contribution >= 0.6 is 0 Å². The van der Waals surface area contributed by atoms with Crippen LogP contribution in [0.4, 0.5) is 0 Å². The third-order valence-electron chi connectivity index (χ3n) is 4.87. The third-order valence-corrected chi connectivity index (χ3v) is 4.87. The van der Waals surface area contributed by atoms with E-state index >= 15 is 0 Å². The fourth-order valence-electron chi connectivity index (χ4n) is 3.04. The lowest BCUT2D eigenvalue weighted by Gasteiger charge is -2.31. The maximum absolute atomic E-state index is 12.6. The number of carbonyl (C=O) groups excluding carboxylic acids is 2. The molecule has 0 aliphatic carbocycles. The van der Waals surface area contributed by atoms with Gasteiger partial charge in [-0.2, -0.15) is 0 Å². The Kier molecular flexibility index (Phi) is 9.60. The predicted octanol–water partition coefficient (Wildman–Crippen LogP) is 3.08. The first-order valence-corrected chi connectivity index (χ1v) is 9.31. The molecule has 150 valence electrons. The Morgan fingerprint density at radius 2 is 1.73 bits per heavy atom. The minimum atomic E-state index is -1.00. The highest BCUT2D eigenvalue weighted by molar-refractivity contribution is 5.88. The van der Waals surface area contributed by atoms with Crippen molar-refractivity contribution in [2.24, 2.45) is 17.3 Å². The molecule has 0 aromatic carbocycles. The van der Waals surface area contributed by atoms with Gasteiger partial charge in [0.25, 0.3) is 0 Å². The number of rotatable bonds is 10. The number of aliphatic carboxylic acids is 1. The topological polar surface area (TPSA) is 86.7 Å². The lowest BCUT2D eigenvalue weighted by Crippen LogP contribution is -2.47. The van der Waals surface area contributed by atoms with E-state index in [0.29, 0.717) is 12.3 Å². The van der Waals surface area contributed by atoms with Crippen molar-refractivity contribution in [1.29, 1.82) is 0 Å². The van der Waals surface area contributed by atoms with Crippen LogP contribution < -0.4 is 5.32 Å². The summed E-state index contributed by atoms with van der Waals surface area (Å²) in [4.78, 5) is 37.6. The van der Waals surface area contributed by atoms with E-state index in [9.17, 15) is 14.4 Å². The Bertz CT molecular complexity index is 540. The van der Waals surface area contributed by atoms with Gasteiger partial charge in [-0.3, -0.25) is 9.59 Å². The Balaban J connectivity index is 5.05. The van der Waals surface area contributed by atoms with Crippen LogP contribution in [0.5, 0.6) is 0 Å². The molecule has 26 heavy (non-hydrogen) atoms. The largest absolute Gasteiger partial charge is 0.478 e. The molecule has 0 heterocycles. The van der Waals surface area contributed by atoms with E-state index in [2.05, 4.69) is 19.2 Å². The molecule has 6 nitrogen and oxygen atoms in total. The fraction of sp³-hybridized carbons (Fsp3) is 0.750. The van der Waals surface area contributed by atoms with E-state index in [1.807, 2.05) is 27.7 Å². The number of nitrogens with zero attached hydrogens (tertiary/aromatic N) is 1. The zero-order chi connectivity index (χ0) is 20.7. The molecule has 1 unspecified atom stereocenters. The van der Waals surface area contributed by atoms with E-state index in [1.54, 1.807) is 13.1 Å². The molecular formula is C20H36N2O4. The zero-order valence-corrected chi connectivity index (χ0v) is 17.5. The maximum atomic E-state index is 12.6. The second kappa shape index (κ2) is 10.3. The Morgan fingerprint density at radius 3 is 2.12 bits per heavy atom. The Hall–Kier alpha value is -1.85. The third kappa shape index (κ3) is 7.18. The van der Waals surface area contributed by atoms with Gasteiger partial charge in [0.05, 0.1) is 12.6 Å². The van der Waals surface area contributed by atoms with Crippen molar-refractivity contribution in [3.8, 4) is 0 Å². The van der Waals surface area contributed by atoms with Gasteiger partial charge in [-0.05, 0) is 31.6 Å². The summed E-state index contributed by atoms with van der Waals surface area (Å²) in [5, 5.41) is 11.8. The van der Waals surface area contributed by atoms with Crippen LogP contribution in [-0.4, -0.2) is 47.4 Å². The molecule has 0 fully saturated rings. The van der Waals surface area contributed by atoms with Crippen LogP contribution in [0, 0.1) is 17.3 Å². The standard InChI is InChI=1S/C20H36N2O4/c1-9-20(7,11-13(2)3)19(26)21-12-17(23)22(8)16(14(4)5)10-15(6)18(24)25/h10,13-14,16H,9,11-12H2,1-8H3,(H,21,26)(H,24,25)/b15-10+/t16-,20?/m1/s1. The number of hydrogen-bond acceptors (Lipinski definition) is 3. The number of nitrogens with one attached hydrogen (secondary N) is 1. The van der Waals surface area contributed by atoms with Crippen molar-refractivity contribution in [3.05, 3.63) is 11.6 Å². The smallest absolute Gasteiger partial charge is 0.331 e. The van der Waals surface area contributed by atoms with Crippen molar-refractivity contribution in [1.82, 2.24) is 10.2 Å². The highest BCUT2D eigenvalue weighted by Crippen LogP contribution is 2.29. The van der Waals surface area contributed by atoms with Gasteiger partial charge in [0.2, 0.25) is 11.8 Å². The van der Waals surface area contributed by atoms with E-state index in [4.69, 9.17) is 5.11 Å². The average molecular weight is 369 g/mol. The number of carboxylic acids is 1. The van der Waals surface area contributed by atoms with Gasteiger partial charge in [-0.25, -0.2) is 4.79 Å². The van der Waals surface area contributed by atoms with Crippen LogP contribution in [0.2, 0.25) is 0 Å². The predicted molar refractivity (Wildman–Crippen MR) is 104 cm³/mol. The first-order valence-electron chi connectivity index (χ1n) is 9.31. The fourth-order valence-corrected chi connectivity index (χ4v) is 3.04. The summed E-state index contributed by atoms with van der Waals surface area (Å²) in [7, 11) is 1.64. The first-order chi connectivity index (χ1) is 11.9. The van der Waals surface area contributed by atoms with Crippen molar-refractivity contribution >= 4 is 17.8 Å². The number of hydrogen-bond donors (Lipinski definition) is 2. The molecule has 0 spiro atoms. The molecule has 0 aliphatic rings. The van der Waals surface area contributed by atoms with E-state index in [-0.39, 0.29) is 35.9 Å². The first kappa shape index (κ1) is 24.1. The quantitative estimate of drug-likeness (QED) is 0.580. The molecule has 0 rings (SSSR count). The summed E-state index contributed by atoms with van der Waals surface area (Å²) in [6, 6.07) is -0.344. The summed E-state index contributed by atoms with van der Waals surface area (Å²) in [6.45, 7) is 13.3. The van der Waals surface area contributed by atoms with Gasteiger partial charge in [0.1, 0.15) is 0 Å². The van der Waals surface area contributed by atoms with Gasteiger partial charge >= 0.3 is 5.97 Å². The minimum absolute atomic E-state index is 0.0517. The van der Waals surface area contributed by atoms with Crippen LogP contribution in [0.1, 0.15) is 61.3 Å². The second-order valence-corrected chi connectivity index (χ2v) is 8.09. The van der Waals surface area contributed by atoms with Crippen molar-refractivity contribution in [3.63, 3.8) is 0 Å². The number of carboxylic acid groups (broad SMARTS) is 1. The van der Waals surface area contributed by atoms with Gasteiger partial charge in [0, 0.05) is 18.0 Å². The molecule has 0 aromatic rings. The van der Waals surface area contributed by atoms with Gasteiger partial charge in [0.15, 0.2) is 0 Å². The molecule has 2 amide bonds. The number of amides is 2. The summed E-state index contributed by atoms with van der Waals surface area (Å²) in [6.07, 6.45) is 3.05. The summed E-state index contributed by atoms with van der Waals surface area (Å²) in [5.74, 6) is -0.921. The Labute approximate surface area is 158 Å². The van der Waals surface area contributed by atoms with Crippen LogP contribution in [0.3, 0.4) is 0 Å². The molecule has 0 saturated carbocycles. The molecule has 2 atom stereocenters. The normalized spacial score (nSPS) is 15.5. The van der Waals surface area contributed by atoms with Crippen LogP contribution in [0.25, 0.3) is 0 Å². The van der Waals surface area contributed by atoms with Crippen molar-refractivity contribution < 1.29 is 19.5 Å². The Morgan fingerprint density at radius 1 is 1.19 bits per heavy atom. The SMILES string of the molecule is CCC(C)(CC(C)C)C(=O)NCC(=O)N(C)[C@H](/C=C(\C)C(=O)O)C(C)C. The van der Waals surface area contributed by atoms with Gasteiger partial charge in [-0.15, -0.1) is 0 Å². The summed E-state index contributed by atoms with van der Waals surface area (Å²) >= 11 is 0. The van der Waals surface area contributed by atoms with Crippen molar-refractivity contribution in [2.45, 2.75) is 67.3 Å². The van der Waals surface area contributed by atoms with E-state index in [0.717, 1.165) is 6.42 Å². The van der Waals surface area contributed by atoms with Crippen LogP contribution in [0.15, 0.2) is 11.6 Å². The monoisotopic (exact) mass is 368 g/mol. The van der Waals surface area contributed by atoms with Crippen molar-refractivity contribution in [2.75, 3.05) is 13.6 Å². The molecule has 0 aliphatic heterocycles. The van der Waals surface area contributed by atoms with Gasteiger partial charge in [-0.1, -0.05) is 47.6 Å². The number of likely N-dealkylation sites (N-methyl/N-ethyl adjacent to an activating group) is 1. The average Bonchev–Trinajstić information content (AvgIpc) is 2.54. The molecule has 6 heteroatoms. The lowest BCUT2D eigenvalue weighted by molar-refractivity contribution is -0.137. The number of carbonyl (C=O) groups is 3. The molecule has 0 bridgehead atoms. The summed E-state index contributed by atoms with van der Waals surface area (Å²) in [5.41, 5.74) is -0.299. The second-order valence-electron chi connectivity index (χ2n) is 8.09. The zero-order valence-electron chi connectivity index (χ0n) is 17.5. The van der Waals surface area contributed by atoms with E-state index in [1.165, 1.54) is 11.8 Å². The molecule has 0 saturated heterocycles. The highest BCUT2D eigenvalue weighted by atomic mass is 16.4. The molecule has 0 aromatic heterocycles. The molecular weight excluding hydrogens is 332 g/mol. The lowest BCUT2D eigenvalue weighted by atomic mass is 9.79.